The number of rotatable bonds is 3. The van der Waals surface area contributed by atoms with Crippen molar-refractivity contribution in [3.63, 3.8) is 0 Å². The van der Waals surface area contributed by atoms with Crippen LogP contribution in [0, 0.1) is 18.8 Å². The maximum atomic E-state index is 12.5. The highest BCUT2D eigenvalue weighted by atomic mass is 16.5. The molecule has 110 valence electrons. The van der Waals surface area contributed by atoms with Crippen LogP contribution in [0.5, 0.6) is 0 Å². The number of likely N-dealkylation sites (tertiary alicyclic amines) is 1. The molecule has 1 aromatic rings. The zero-order valence-corrected chi connectivity index (χ0v) is 11.8. The summed E-state index contributed by atoms with van der Waals surface area (Å²) in [6.45, 7) is 2.12. The summed E-state index contributed by atoms with van der Waals surface area (Å²) in [6.07, 6.45) is 3.36. The highest BCUT2D eigenvalue weighted by Crippen LogP contribution is 2.48. The number of imide groups is 1. The van der Waals surface area contributed by atoms with Crippen molar-refractivity contribution >= 4 is 17.6 Å². The van der Waals surface area contributed by atoms with E-state index in [4.69, 9.17) is 4.74 Å². The van der Waals surface area contributed by atoms with Crippen molar-refractivity contribution in [3.8, 4) is 0 Å². The molecule has 4 rings (SSSR count). The Bertz CT molecular complexity index is 590. The number of nitrogens with one attached hydrogen (secondary N) is 1. The maximum Gasteiger partial charge on any atom is 0.237 e. The second kappa shape index (κ2) is 4.53. The summed E-state index contributed by atoms with van der Waals surface area (Å²) in [7, 11) is 0. The Labute approximate surface area is 122 Å². The lowest BCUT2D eigenvalue weighted by Crippen LogP contribution is -2.38. The number of ether oxygens (including phenoxy) is 1. The minimum Gasteiger partial charge on any atom is -0.373 e. The van der Waals surface area contributed by atoms with E-state index in [1.165, 1.54) is 4.90 Å². The van der Waals surface area contributed by atoms with Crippen molar-refractivity contribution in [3.05, 3.63) is 23.9 Å². The van der Waals surface area contributed by atoms with Crippen molar-refractivity contribution in [1.29, 1.82) is 0 Å². The topological polar surface area (TPSA) is 71.5 Å². The molecule has 4 atom stereocenters. The van der Waals surface area contributed by atoms with Gasteiger partial charge in [0.05, 0.1) is 30.7 Å². The van der Waals surface area contributed by atoms with Gasteiger partial charge in [0.25, 0.3) is 0 Å². The Kier molecular flexibility index (Phi) is 2.75. The van der Waals surface area contributed by atoms with Gasteiger partial charge in [0, 0.05) is 6.20 Å². The van der Waals surface area contributed by atoms with Crippen molar-refractivity contribution in [1.82, 2.24) is 9.88 Å². The summed E-state index contributed by atoms with van der Waals surface area (Å²) in [4.78, 5) is 30.5. The van der Waals surface area contributed by atoms with Crippen LogP contribution in [0.1, 0.15) is 18.4 Å². The molecule has 0 radical (unpaired) electrons. The number of carbonyl (C=O) groups excluding carboxylic acids is 2. The molecule has 2 amide bonds. The van der Waals surface area contributed by atoms with Gasteiger partial charge in [-0.2, -0.15) is 0 Å². The molecule has 3 aliphatic heterocycles. The van der Waals surface area contributed by atoms with Gasteiger partial charge in [-0.3, -0.25) is 14.5 Å². The molecule has 4 heterocycles. The molecule has 21 heavy (non-hydrogen) atoms. The molecular formula is C15H17N3O3. The van der Waals surface area contributed by atoms with Gasteiger partial charge in [0.15, 0.2) is 0 Å². The van der Waals surface area contributed by atoms with Crippen LogP contribution in [-0.2, 0) is 14.3 Å². The van der Waals surface area contributed by atoms with E-state index < -0.39 is 0 Å². The van der Waals surface area contributed by atoms with E-state index in [0.717, 1.165) is 18.4 Å². The molecular weight excluding hydrogens is 270 g/mol. The zero-order valence-electron chi connectivity index (χ0n) is 11.8. The molecule has 3 fully saturated rings. The third kappa shape index (κ3) is 1.78. The van der Waals surface area contributed by atoms with Crippen molar-refractivity contribution < 1.29 is 14.3 Å². The predicted molar refractivity (Wildman–Crippen MR) is 74.2 cm³/mol. The standard InChI is InChI=1S/C15H17N3O3/c1-8-3-2-6-16-13(8)17-7-18-14(19)11-9-4-5-10(21-9)12(11)15(18)20/h2-3,6,9-12H,4-5,7H2,1H3,(H,16,17)/t9-,10+,11+,12-. The Balaban J connectivity index is 1.51. The first kappa shape index (κ1) is 12.8. The summed E-state index contributed by atoms with van der Waals surface area (Å²) in [5, 5.41) is 3.09. The number of aromatic nitrogens is 1. The molecule has 1 N–H and O–H groups in total. The number of pyridine rings is 1. The fraction of sp³-hybridized carbons (Fsp3) is 0.533. The monoisotopic (exact) mass is 287 g/mol. The zero-order chi connectivity index (χ0) is 14.6. The van der Waals surface area contributed by atoms with Gasteiger partial charge >= 0.3 is 0 Å². The number of hydrogen-bond acceptors (Lipinski definition) is 5. The van der Waals surface area contributed by atoms with Crippen LogP contribution in [-0.4, -0.2) is 40.6 Å². The summed E-state index contributed by atoms with van der Waals surface area (Å²) >= 11 is 0. The van der Waals surface area contributed by atoms with Crippen LogP contribution in [0.3, 0.4) is 0 Å². The van der Waals surface area contributed by atoms with Crippen LogP contribution in [0.15, 0.2) is 18.3 Å². The Hall–Kier alpha value is -1.95. The largest absolute Gasteiger partial charge is 0.373 e. The second-order valence-corrected chi connectivity index (χ2v) is 5.95. The van der Waals surface area contributed by atoms with Crippen molar-refractivity contribution in [2.45, 2.75) is 32.0 Å². The van der Waals surface area contributed by atoms with E-state index in [1.807, 2.05) is 19.1 Å². The van der Waals surface area contributed by atoms with E-state index >= 15 is 0 Å². The minimum absolute atomic E-state index is 0.0574. The fourth-order valence-electron chi connectivity index (χ4n) is 3.75. The third-order valence-corrected chi connectivity index (χ3v) is 4.79. The van der Waals surface area contributed by atoms with E-state index in [2.05, 4.69) is 10.3 Å². The summed E-state index contributed by atoms with van der Waals surface area (Å²) in [5.41, 5.74) is 0.986. The number of hydrogen-bond donors (Lipinski definition) is 1. The summed E-state index contributed by atoms with van der Waals surface area (Å²) in [5.74, 6) is -0.0169. The first-order valence-corrected chi connectivity index (χ1v) is 7.33. The number of fused-ring (bicyclic) bond motifs is 5. The molecule has 0 aliphatic carbocycles. The average Bonchev–Trinajstić information content (AvgIpc) is 3.14. The number of carbonyl (C=O) groups is 2. The maximum absolute atomic E-state index is 12.5. The quantitative estimate of drug-likeness (QED) is 0.837. The Morgan fingerprint density at radius 3 is 2.57 bits per heavy atom. The predicted octanol–water partition coefficient (Wildman–Crippen LogP) is 0.922. The number of amides is 2. The van der Waals surface area contributed by atoms with Gasteiger partial charge in [-0.05, 0) is 31.4 Å². The van der Waals surface area contributed by atoms with E-state index in [-0.39, 0.29) is 42.5 Å². The molecule has 0 saturated carbocycles. The van der Waals surface area contributed by atoms with Gasteiger partial charge in [0.1, 0.15) is 5.82 Å². The molecule has 2 bridgehead atoms. The molecule has 0 unspecified atom stereocenters. The van der Waals surface area contributed by atoms with E-state index in [9.17, 15) is 9.59 Å². The van der Waals surface area contributed by atoms with Gasteiger partial charge in [-0.15, -0.1) is 0 Å². The van der Waals surface area contributed by atoms with Gasteiger partial charge in [-0.1, -0.05) is 6.07 Å². The molecule has 3 saturated heterocycles. The van der Waals surface area contributed by atoms with Crippen LogP contribution < -0.4 is 5.32 Å². The van der Waals surface area contributed by atoms with Crippen LogP contribution in [0.4, 0.5) is 5.82 Å². The number of anilines is 1. The Morgan fingerprint density at radius 1 is 1.29 bits per heavy atom. The average molecular weight is 287 g/mol. The second-order valence-electron chi connectivity index (χ2n) is 5.95. The molecule has 3 aliphatic rings. The van der Waals surface area contributed by atoms with Crippen molar-refractivity contribution in [2.24, 2.45) is 11.8 Å². The number of aryl methyl sites for hydroxylation is 1. The molecule has 0 spiro atoms. The van der Waals surface area contributed by atoms with Gasteiger partial charge in [-0.25, -0.2) is 4.98 Å². The van der Waals surface area contributed by atoms with E-state index in [0.29, 0.717) is 5.82 Å². The lowest BCUT2D eigenvalue weighted by molar-refractivity contribution is -0.142. The third-order valence-electron chi connectivity index (χ3n) is 4.79. The highest BCUT2D eigenvalue weighted by molar-refractivity contribution is 6.06. The lowest BCUT2D eigenvalue weighted by Gasteiger charge is -2.18. The summed E-state index contributed by atoms with van der Waals surface area (Å²) in [6, 6.07) is 3.79. The summed E-state index contributed by atoms with van der Waals surface area (Å²) < 4.78 is 5.71. The molecule has 1 aromatic heterocycles. The molecule has 6 nitrogen and oxygen atoms in total. The van der Waals surface area contributed by atoms with Crippen LogP contribution in [0.2, 0.25) is 0 Å². The SMILES string of the molecule is Cc1cccnc1NCN1C(=O)[C@@H]2[C@H](C1=O)[C@@H]1CC[C@H]2O1. The van der Waals surface area contributed by atoms with Crippen molar-refractivity contribution in [2.75, 3.05) is 12.0 Å². The minimum atomic E-state index is -0.261. The number of nitrogens with zero attached hydrogens (tertiary/aromatic N) is 2. The first-order valence-electron chi connectivity index (χ1n) is 7.33. The van der Waals surface area contributed by atoms with Gasteiger partial charge < -0.3 is 10.1 Å². The highest BCUT2D eigenvalue weighted by Gasteiger charge is 2.62. The van der Waals surface area contributed by atoms with E-state index in [1.54, 1.807) is 6.20 Å². The fourth-order valence-corrected chi connectivity index (χ4v) is 3.75. The first-order chi connectivity index (χ1) is 10.2. The van der Waals surface area contributed by atoms with Gasteiger partial charge in [0.2, 0.25) is 11.8 Å². The molecule has 0 aromatic carbocycles. The lowest BCUT2D eigenvalue weighted by atomic mass is 9.81. The van der Waals surface area contributed by atoms with Crippen LogP contribution in [0.25, 0.3) is 0 Å². The van der Waals surface area contributed by atoms with Crippen LogP contribution >= 0.6 is 0 Å². The normalized spacial score (nSPS) is 33.7. The smallest absolute Gasteiger partial charge is 0.237 e. The molecule has 6 heteroatoms. The Morgan fingerprint density at radius 2 is 1.95 bits per heavy atom.